The molecule has 10 aliphatic heterocycles. The molecule has 28 N–H and O–H groups in total. The predicted molar refractivity (Wildman–Crippen MR) is 464 cm³/mol. The summed E-state index contributed by atoms with van der Waals surface area (Å²) in [6, 6.07) is -1.41. The van der Waals surface area contributed by atoms with E-state index in [2.05, 4.69) is 40.3 Å². The van der Waals surface area contributed by atoms with Crippen LogP contribution in [0.1, 0.15) is 143 Å². The van der Waals surface area contributed by atoms with Gasteiger partial charge in [-0.2, -0.15) is 64.6 Å². The monoisotopic (exact) mass is 2020 g/mol. The Morgan fingerprint density at radius 1 is 0.434 bits per heavy atom. The van der Waals surface area contributed by atoms with Gasteiger partial charge in [-0.1, -0.05) is 39.5 Å². The number of carbonyl (C=O) groups is 13. The molecule has 10 saturated heterocycles. The summed E-state index contributed by atoms with van der Waals surface area (Å²) in [5, 5.41) is 96.3. The fraction of sp³-hybridized carbons (Fsp3) is 0.822. The zero-order chi connectivity index (χ0) is 101. The van der Waals surface area contributed by atoms with Crippen molar-refractivity contribution in [2.24, 2.45) is 81.1 Å². The molecule has 0 aromatic carbocycles. The van der Waals surface area contributed by atoms with E-state index in [1.807, 2.05) is 0 Å². The maximum atomic E-state index is 13.2. The lowest BCUT2D eigenvalue weighted by molar-refractivity contribution is -0.199. The molecule has 0 aromatic rings. The van der Waals surface area contributed by atoms with Gasteiger partial charge < -0.3 is 134 Å². The summed E-state index contributed by atoms with van der Waals surface area (Å²) in [7, 11) is -19.7. The Kier molecular flexibility index (Phi) is 32.6. The van der Waals surface area contributed by atoms with E-state index in [0.717, 1.165) is 32.3 Å². The van der Waals surface area contributed by atoms with Crippen molar-refractivity contribution in [1.29, 1.82) is 0 Å². The normalized spacial score (nSPS) is 32.8. The molecule has 55 nitrogen and oxygen atoms in total. The van der Waals surface area contributed by atoms with Crippen LogP contribution in [0.4, 0.5) is 0 Å². The molecule has 16 atom stereocenters. The Bertz CT molecular complexity index is 4900. The molecule has 15 rings (SSSR count). The number of carboxylic acids is 10. The molecule has 762 valence electrons. The SMILES string of the molecule is CC1(C)[C@H]2C[C@@H]3OB(CCC[C@H]4CN(S(=O)(=O)N5CC6(CCN6)C5)C[C@@]4(N)C(=O)O)O[C@]3(C)[C@@H]1C2.NCCNS(=O)(=O)N1C[C@H](CCCB2OC(=O)C(CC(=O)O)(CC(=O)O)O2)[C@](N)(C(=O)O)C1.N[C@@H]1C[C@H]1NS(=O)(=O)N1C[C@H](CCCB2OC(=O)C(CC(=O)O)(CC(=O)O)O2)[C@](N)(C(=O)O)C1.N[C@H]1C[C@@H]1NS(=O)(=O)N1C[C@H](CCCB2OC(=O)C(CC(=O)O)(CC(=O)O)O2)[C@](N)(C(=O)O)C1. The fourth-order valence-electron chi connectivity index (χ4n) is 20.4. The van der Waals surface area contributed by atoms with Gasteiger partial charge in [0, 0.05) is 132 Å². The molecule has 5 aliphatic carbocycles. The van der Waals surface area contributed by atoms with Crippen molar-refractivity contribution in [3.8, 4) is 0 Å². The number of nitrogens with one attached hydrogen (secondary N) is 4. The van der Waals surface area contributed by atoms with Gasteiger partial charge in [-0.05, 0) is 114 Å². The molecule has 136 heavy (non-hydrogen) atoms. The number of rotatable bonds is 44. The number of hydrogen-bond donors (Lipinski definition) is 21. The van der Waals surface area contributed by atoms with E-state index in [-0.39, 0.29) is 145 Å². The third kappa shape index (κ3) is 23.4. The first-order valence-corrected chi connectivity index (χ1v) is 50.1. The minimum Gasteiger partial charge on any atom is -0.507 e. The van der Waals surface area contributed by atoms with Crippen LogP contribution in [0.25, 0.3) is 0 Å². The van der Waals surface area contributed by atoms with Crippen LogP contribution in [-0.2, 0) is 140 Å². The van der Waals surface area contributed by atoms with E-state index < -0.39 is 273 Å². The van der Waals surface area contributed by atoms with Crippen molar-refractivity contribution in [3.63, 3.8) is 0 Å². The summed E-state index contributed by atoms with van der Waals surface area (Å²) >= 11 is 0. The molecule has 0 amide bonds. The van der Waals surface area contributed by atoms with Gasteiger partial charge in [0.2, 0.25) is 0 Å². The van der Waals surface area contributed by atoms with Crippen LogP contribution in [0.15, 0.2) is 0 Å². The second-order valence-corrected chi connectivity index (χ2v) is 46.0. The third-order valence-corrected chi connectivity index (χ3v) is 35.4. The molecule has 15 aliphatic rings. The minimum absolute atomic E-state index is 0.000848. The number of hydrogen-bond acceptors (Lipinski definition) is 37. The van der Waals surface area contributed by atoms with Crippen molar-refractivity contribution < 1.29 is 184 Å². The lowest BCUT2D eigenvalue weighted by Crippen LogP contribution is -2.77. The molecule has 1 spiro atoms. The van der Waals surface area contributed by atoms with E-state index in [4.69, 9.17) is 108 Å². The molecule has 0 aromatic heterocycles. The van der Waals surface area contributed by atoms with Gasteiger partial charge in [-0.25, -0.2) is 4.72 Å². The van der Waals surface area contributed by atoms with E-state index >= 15 is 0 Å². The largest absolute Gasteiger partial charge is 0.528 e. The molecule has 0 unspecified atom stereocenters. The van der Waals surface area contributed by atoms with E-state index in [9.17, 15) is 116 Å². The smallest absolute Gasteiger partial charge is 0.507 e. The van der Waals surface area contributed by atoms with Gasteiger partial charge in [0.25, 0.3) is 40.8 Å². The summed E-state index contributed by atoms with van der Waals surface area (Å²) in [5.41, 5.74) is 27.4. The third-order valence-electron chi connectivity index (χ3n) is 28.9. The second kappa shape index (κ2) is 40.7. The Hall–Kier alpha value is -7.67. The number of nitrogens with zero attached hydrogens (tertiary/aromatic N) is 5. The molecule has 0 radical (unpaired) electrons. The highest BCUT2D eigenvalue weighted by atomic mass is 32.2. The highest BCUT2D eigenvalue weighted by molar-refractivity contribution is 7.88. The van der Waals surface area contributed by atoms with Crippen molar-refractivity contribution in [2.75, 3.05) is 85.1 Å². The lowest BCUT2D eigenvalue weighted by Gasteiger charge is -2.64. The van der Waals surface area contributed by atoms with Gasteiger partial charge >= 0.3 is 106 Å². The Morgan fingerprint density at radius 2 is 0.735 bits per heavy atom. The molecule has 5 saturated carbocycles. The van der Waals surface area contributed by atoms with Crippen LogP contribution in [0.2, 0.25) is 25.3 Å². The van der Waals surface area contributed by atoms with Gasteiger partial charge in [0.05, 0.1) is 50.2 Å². The van der Waals surface area contributed by atoms with Crippen LogP contribution < -0.4 is 59.6 Å². The van der Waals surface area contributed by atoms with Gasteiger partial charge in [-0.15, -0.1) is 0 Å². The number of aliphatic carboxylic acids is 10. The lowest BCUT2D eigenvalue weighted by atomic mass is 9.43. The van der Waals surface area contributed by atoms with Crippen LogP contribution in [0.3, 0.4) is 0 Å². The maximum absolute atomic E-state index is 13.2. The Morgan fingerprint density at radius 3 is 1.01 bits per heavy atom. The topological polar surface area (TPSA) is 881 Å². The summed E-state index contributed by atoms with van der Waals surface area (Å²) < 4.78 is 158. The van der Waals surface area contributed by atoms with Crippen molar-refractivity contribution in [1.82, 2.24) is 41.0 Å². The zero-order valence-electron chi connectivity index (χ0n) is 74.8. The quantitative estimate of drug-likeness (QED) is 0.0252. The molecule has 63 heteroatoms. The standard InChI is InChI=1S/C23H39BN4O6S.2C17H27BN4O11S.C16H27BN4O11S/c1-20(2)16-9-17(20)21(3)18(10-16)33-24(34-21)7-4-5-15-11-27(14-23(15,25)19(29)30)35(31,32)28-12-22(13-28)6-8-26-22;2*19-10-4-11(10)21-34(30,31)22-7-9(17(20,8-22)14(27)28)2-1-3-18-32-15(29)16(33-18,5-12(23)24)6-13(25)26;18-4-5-20-33(29,30)21-8-10(16(19,9-21)13(26)27)2-1-3-17-31-14(28)15(32-17,6-11(22)23)7-12(24)25/h15-18,26H,4-14,25H2,1-3H3,(H,29,30);2*9-11,21H,1-8,19-20H2,(H,23,24)(H,25,26)(H,27,28);10,20H,1-9,18-19H2,(H,22,23)(H,24,25)(H,26,27)/t15-,16+,17+,18-,21+,23-;9-,10+,11+,17-;9-,10-,11-,17-;10-,16-/m0000/s1. The first-order chi connectivity index (χ1) is 62.9. The minimum atomic E-state index is -4.00. The molecule has 2 bridgehead atoms. The second-order valence-electron chi connectivity index (χ2n) is 38.9. The van der Waals surface area contributed by atoms with Crippen molar-refractivity contribution in [2.45, 2.75) is 248 Å². The van der Waals surface area contributed by atoms with Crippen molar-refractivity contribution in [3.05, 3.63) is 0 Å². The summed E-state index contributed by atoms with van der Waals surface area (Å²) in [6.07, 6.45) is 1.66. The van der Waals surface area contributed by atoms with E-state index in [0.29, 0.717) is 56.9 Å². The highest BCUT2D eigenvalue weighted by Gasteiger charge is 2.69. The predicted octanol–water partition coefficient (Wildman–Crippen LogP) is -8.15. The number of carboxylic acid groups (broad SMARTS) is 10. The van der Waals surface area contributed by atoms with Crippen LogP contribution in [0, 0.1) is 40.9 Å². The maximum Gasteiger partial charge on any atom is 0.528 e. The number of carbonyl (C=O) groups excluding carboxylic acids is 3. The Labute approximate surface area is 782 Å². The summed E-state index contributed by atoms with van der Waals surface area (Å²) in [4.78, 5) is 151. The van der Waals surface area contributed by atoms with E-state index in [1.165, 1.54) is 15.0 Å². The van der Waals surface area contributed by atoms with Gasteiger partial charge in [0.1, 0.15) is 22.2 Å². The summed E-state index contributed by atoms with van der Waals surface area (Å²) in [6.45, 7) is 6.77. The van der Waals surface area contributed by atoms with Gasteiger partial charge in [0.15, 0.2) is 16.8 Å². The first kappa shape index (κ1) is 109. The van der Waals surface area contributed by atoms with Gasteiger partial charge in [-0.3, -0.25) is 62.3 Å². The first-order valence-electron chi connectivity index (χ1n) is 44.3. The zero-order valence-corrected chi connectivity index (χ0v) is 78.1. The fourth-order valence-corrected chi connectivity index (χ4v) is 26.8. The average Bonchev–Trinajstić information content (AvgIpc) is 1.64. The molecule has 10 heterocycles. The van der Waals surface area contributed by atoms with Crippen LogP contribution in [0.5, 0.6) is 0 Å². The van der Waals surface area contributed by atoms with Crippen LogP contribution in [-0.4, -0.2) is 378 Å². The molecule has 15 fully saturated rings. The summed E-state index contributed by atoms with van der Waals surface area (Å²) in [5.74, 6) is -18.9. The molecular formula is C73H120B4N16O39S4. The van der Waals surface area contributed by atoms with Crippen LogP contribution >= 0.6 is 0 Å². The Balaban J connectivity index is 0.000000174. The average molecular weight is 2020 g/mol. The molecular weight excluding hydrogens is 1900 g/mol. The highest BCUT2D eigenvalue weighted by Crippen LogP contribution is 2.66. The number of nitrogens with two attached hydrogens (primary N) is 7. The van der Waals surface area contributed by atoms with E-state index in [1.54, 1.807) is 0 Å². The van der Waals surface area contributed by atoms with Crippen molar-refractivity contribution >= 4 is 147 Å².